The van der Waals surface area contributed by atoms with Crippen LogP contribution in [0.3, 0.4) is 0 Å². The molecule has 1 fully saturated rings. The van der Waals surface area contributed by atoms with Crippen molar-refractivity contribution in [3.63, 3.8) is 0 Å². The topological polar surface area (TPSA) is 241 Å². The lowest BCUT2D eigenvalue weighted by atomic mass is 9.85. The van der Waals surface area contributed by atoms with Crippen molar-refractivity contribution in [2.24, 2.45) is 35.5 Å². The molecule has 0 radical (unpaired) electrons. The maximum atomic E-state index is 14.5. The quantitative estimate of drug-likeness (QED) is 0.0395. The lowest BCUT2D eigenvalue weighted by Crippen LogP contribution is -2.62. The molecular formula is C60H91N6O13+. The summed E-state index contributed by atoms with van der Waals surface area (Å²) in [5, 5.41) is 7.73. The molecule has 12 atom stereocenters. The Kier molecular flexibility index (Phi) is 28.0. The number of likely N-dealkylation sites (N-methyl/N-ethyl adjacent to an activating group) is 2. The number of nitrogens with one attached hydrogen (secondary N) is 3. The minimum Gasteiger partial charge on any atom is -0.469 e. The van der Waals surface area contributed by atoms with E-state index in [9.17, 15) is 47.9 Å². The fourth-order valence-electron chi connectivity index (χ4n) is 10.8. The first-order valence-electron chi connectivity index (χ1n) is 27.5. The molecule has 79 heavy (non-hydrogen) atoms. The smallest absolute Gasteiger partial charge is 0.309 e. The highest BCUT2D eigenvalue weighted by Gasteiger charge is 2.44. The SMILES string of the molecule is C#CC(=O)CC(NC(=O)C#C)C(=O)N[C@@H](C)C(=O)C[C@@H](C)C(=O)Cc1ccc(C[C@H](CC(=O)[C@H](C)[C@@H](OC)[C@@H]2CCCN2C(=O)C[C@@H](OC)[C@H]([C@@H](C)CC)N(C)C(=O)[C@@H](NC(=O)[C@@H](C(C)C)[N+](C)(C)C)C(C)C)C(=O)OC)cc1. The number of methoxy groups -OCH3 is 3. The van der Waals surface area contributed by atoms with Crippen LogP contribution in [0.25, 0.3) is 0 Å². The first-order valence-corrected chi connectivity index (χ1v) is 27.5. The van der Waals surface area contributed by atoms with Crippen LogP contribution < -0.4 is 16.0 Å². The number of nitrogens with zero attached hydrogens (tertiary/aromatic N) is 3. The van der Waals surface area contributed by atoms with Crippen LogP contribution in [-0.2, 0) is 75.0 Å². The lowest BCUT2D eigenvalue weighted by molar-refractivity contribution is -0.890. The van der Waals surface area contributed by atoms with Gasteiger partial charge in [0.15, 0.2) is 11.8 Å². The van der Waals surface area contributed by atoms with Gasteiger partial charge >= 0.3 is 5.97 Å². The van der Waals surface area contributed by atoms with E-state index in [1.54, 1.807) is 60.9 Å². The van der Waals surface area contributed by atoms with Gasteiger partial charge in [0.1, 0.15) is 23.7 Å². The van der Waals surface area contributed by atoms with Crippen LogP contribution in [-0.4, -0.2) is 177 Å². The van der Waals surface area contributed by atoms with Crippen LogP contribution in [0.15, 0.2) is 24.3 Å². The molecule has 1 unspecified atom stereocenters. The number of likely N-dealkylation sites (tertiary alicyclic amines) is 1. The Morgan fingerprint density at radius 3 is 1.86 bits per heavy atom. The highest BCUT2D eigenvalue weighted by molar-refractivity contribution is 6.03. The number of benzene rings is 1. The summed E-state index contributed by atoms with van der Waals surface area (Å²) in [6, 6.07) is 2.29. The maximum Gasteiger partial charge on any atom is 0.309 e. The predicted molar refractivity (Wildman–Crippen MR) is 299 cm³/mol. The van der Waals surface area contributed by atoms with Crippen LogP contribution in [0.1, 0.15) is 118 Å². The third-order valence-electron chi connectivity index (χ3n) is 15.4. The number of carbonyl (C=O) groups excluding carboxylic acids is 10. The average Bonchev–Trinajstić information content (AvgIpc) is 3.90. The Morgan fingerprint density at radius 2 is 1.35 bits per heavy atom. The minimum absolute atomic E-state index is 0.0156. The zero-order chi connectivity index (χ0) is 60.2. The first-order chi connectivity index (χ1) is 36.9. The van der Waals surface area contributed by atoms with Gasteiger partial charge in [-0.2, -0.15) is 0 Å². The molecule has 5 amide bonds. The number of rotatable bonds is 33. The molecule has 0 spiro atoms. The van der Waals surface area contributed by atoms with E-state index in [0.717, 1.165) is 0 Å². The van der Waals surface area contributed by atoms with Gasteiger partial charge in [0, 0.05) is 71.2 Å². The van der Waals surface area contributed by atoms with E-state index in [-0.39, 0.29) is 79.1 Å². The van der Waals surface area contributed by atoms with E-state index >= 15 is 0 Å². The molecule has 1 heterocycles. The molecule has 438 valence electrons. The number of terminal acetylenes is 2. The van der Waals surface area contributed by atoms with Crippen molar-refractivity contribution >= 4 is 58.6 Å². The molecule has 19 heteroatoms. The van der Waals surface area contributed by atoms with Crippen molar-refractivity contribution in [2.45, 2.75) is 169 Å². The zero-order valence-corrected chi connectivity index (χ0v) is 49.8. The molecule has 2 rings (SSSR count). The first kappa shape index (κ1) is 68.8. The molecule has 1 aliphatic rings. The highest BCUT2D eigenvalue weighted by Crippen LogP contribution is 2.31. The van der Waals surface area contributed by atoms with Gasteiger partial charge in [0.25, 0.3) is 11.8 Å². The summed E-state index contributed by atoms with van der Waals surface area (Å²) in [5.74, 6) is -3.77. The number of Topliss-reactive ketones (excluding diaryl/α,β-unsaturated/α-hetero) is 4. The van der Waals surface area contributed by atoms with Crippen molar-refractivity contribution in [2.75, 3.05) is 56.1 Å². The van der Waals surface area contributed by atoms with Gasteiger partial charge in [-0.15, -0.1) is 12.8 Å². The van der Waals surface area contributed by atoms with Crippen LogP contribution in [0.2, 0.25) is 0 Å². The van der Waals surface area contributed by atoms with Crippen LogP contribution >= 0.6 is 0 Å². The number of hydrogen-bond acceptors (Lipinski definition) is 13. The van der Waals surface area contributed by atoms with Gasteiger partial charge in [0.2, 0.25) is 23.5 Å². The van der Waals surface area contributed by atoms with Gasteiger partial charge in [-0.05, 0) is 61.0 Å². The molecule has 19 nitrogen and oxygen atoms in total. The summed E-state index contributed by atoms with van der Waals surface area (Å²) in [6.45, 7) is 17.0. The summed E-state index contributed by atoms with van der Waals surface area (Å²) in [5.41, 5.74) is 1.35. The van der Waals surface area contributed by atoms with E-state index in [2.05, 4.69) is 16.0 Å². The van der Waals surface area contributed by atoms with E-state index in [1.165, 1.54) is 28.3 Å². The molecule has 1 aliphatic heterocycles. The third-order valence-corrected chi connectivity index (χ3v) is 15.4. The number of amides is 5. The number of ether oxygens (including phenoxy) is 3. The normalized spacial score (nSPS) is 17.7. The summed E-state index contributed by atoms with van der Waals surface area (Å²) < 4.78 is 17.6. The second-order valence-corrected chi connectivity index (χ2v) is 22.9. The largest absolute Gasteiger partial charge is 0.469 e. The van der Waals surface area contributed by atoms with E-state index in [4.69, 9.17) is 27.1 Å². The van der Waals surface area contributed by atoms with Crippen molar-refractivity contribution in [3.05, 3.63) is 35.4 Å². The second-order valence-electron chi connectivity index (χ2n) is 22.9. The van der Waals surface area contributed by atoms with Gasteiger partial charge < -0.3 is 44.4 Å². The number of carbonyl (C=O) groups is 10. The molecule has 0 saturated carbocycles. The van der Waals surface area contributed by atoms with Gasteiger partial charge in [0.05, 0.1) is 70.9 Å². The average molecular weight is 1100 g/mol. The molecule has 1 aromatic carbocycles. The number of quaternary nitrogens is 1. The molecular weight excluding hydrogens is 1010 g/mol. The Morgan fingerprint density at radius 1 is 0.747 bits per heavy atom. The Hall–Kier alpha value is -6.28. The zero-order valence-electron chi connectivity index (χ0n) is 49.8. The number of hydrogen-bond donors (Lipinski definition) is 3. The van der Waals surface area contributed by atoms with Crippen molar-refractivity contribution < 1.29 is 66.6 Å². The Labute approximate surface area is 469 Å². The number of esters is 1. The van der Waals surface area contributed by atoms with Crippen LogP contribution in [0.5, 0.6) is 0 Å². The monoisotopic (exact) mass is 1100 g/mol. The predicted octanol–water partition coefficient (Wildman–Crippen LogP) is 3.69. The Balaban J connectivity index is 2.19. The van der Waals surface area contributed by atoms with Gasteiger partial charge in [-0.3, -0.25) is 47.9 Å². The fourth-order valence-corrected chi connectivity index (χ4v) is 10.8. The van der Waals surface area contributed by atoms with Crippen LogP contribution in [0.4, 0.5) is 0 Å². The maximum absolute atomic E-state index is 14.5. The van der Waals surface area contributed by atoms with Gasteiger partial charge in [-0.25, -0.2) is 0 Å². The molecule has 0 bridgehead atoms. The Bertz CT molecular complexity index is 2350. The lowest BCUT2D eigenvalue weighted by Gasteiger charge is -2.41. The van der Waals surface area contributed by atoms with Crippen LogP contribution in [0, 0.1) is 60.2 Å². The summed E-state index contributed by atoms with van der Waals surface area (Å²) in [4.78, 5) is 136. The van der Waals surface area contributed by atoms with Crippen molar-refractivity contribution in [1.82, 2.24) is 25.8 Å². The molecule has 0 aliphatic carbocycles. The second kappa shape index (κ2) is 32.1. The summed E-state index contributed by atoms with van der Waals surface area (Å²) in [7, 11) is 11.9. The molecule has 1 saturated heterocycles. The summed E-state index contributed by atoms with van der Waals surface area (Å²) >= 11 is 0. The minimum atomic E-state index is -1.40. The molecule has 1 aromatic rings. The summed E-state index contributed by atoms with van der Waals surface area (Å²) in [6.07, 6.45) is 9.87. The standard InChI is InChI=1S/C60H90N6O13/c1-19-37(8)54(64(12)59(75)53(35(4)5)63-58(74)55(36(6)7)66(13,14)15)50(77-16)34-52(72)65-28-22-23-46(65)56(78-17)39(10)48(69)32-43(60(76)79-18)30-41-24-26-42(27-25-41)31-47(68)38(9)29-49(70)40(11)61-57(73)45(33-44(67)20-2)62-51(71)21-3/h2-3,24-27,35-40,43,45-46,50,53-56H,19,22-23,28-34H2,1,4-18H3,(H2-,61,62,63,71,73,74)/p+1/t37-,38+,39-,40-,43+,45?,46-,50+,53-,54-,55+,56+/m0/s1. The number of ketones is 4. The fraction of sp³-hybridized carbons (Fsp3) is 0.667. The van der Waals surface area contributed by atoms with E-state index < -0.39 is 102 Å². The van der Waals surface area contributed by atoms with E-state index in [0.29, 0.717) is 41.4 Å². The van der Waals surface area contributed by atoms with Crippen molar-refractivity contribution in [1.29, 1.82) is 0 Å². The van der Waals surface area contributed by atoms with Gasteiger partial charge in [-0.1, -0.05) is 86.1 Å². The third kappa shape index (κ3) is 20.1. The van der Waals surface area contributed by atoms with E-state index in [1.807, 2.05) is 68.6 Å². The molecule has 0 aromatic heterocycles. The highest BCUT2D eigenvalue weighted by atomic mass is 16.5. The molecule has 3 N–H and O–H groups in total. The van der Waals surface area contributed by atoms with Crippen molar-refractivity contribution in [3.8, 4) is 24.7 Å².